The monoisotopic (exact) mass is 222 g/mol. The molecule has 0 spiro atoms. The van der Waals surface area contributed by atoms with Crippen molar-refractivity contribution >= 4 is 9.84 Å². The van der Waals surface area contributed by atoms with Gasteiger partial charge in [0.25, 0.3) is 0 Å². The van der Waals surface area contributed by atoms with Crippen molar-refractivity contribution in [1.29, 1.82) is 0 Å². The summed E-state index contributed by atoms with van der Waals surface area (Å²) in [5, 5.41) is 9.25. The zero-order valence-corrected chi connectivity index (χ0v) is 10.4. The van der Waals surface area contributed by atoms with E-state index >= 15 is 0 Å². The van der Waals surface area contributed by atoms with Crippen LogP contribution in [0.2, 0.25) is 0 Å². The maximum Gasteiger partial charge on any atom is 0.158 e. The van der Waals surface area contributed by atoms with Gasteiger partial charge in [-0.3, -0.25) is 0 Å². The Labute approximate surface area is 87.4 Å². The van der Waals surface area contributed by atoms with Gasteiger partial charge in [0.2, 0.25) is 0 Å². The van der Waals surface area contributed by atoms with Gasteiger partial charge < -0.3 is 5.11 Å². The van der Waals surface area contributed by atoms with Gasteiger partial charge in [0.05, 0.1) is 17.1 Å². The van der Waals surface area contributed by atoms with Crippen molar-refractivity contribution in [3.05, 3.63) is 0 Å². The highest BCUT2D eigenvalue weighted by atomic mass is 32.2. The highest BCUT2D eigenvalue weighted by Crippen LogP contribution is 2.27. The van der Waals surface area contributed by atoms with Crippen molar-refractivity contribution in [2.45, 2.75) is 45.3 Å². The van der Waals surface area contributed by atoms with Crippen LogP contribution in [0.15, 0.2) is 0 Å². The lowest BCUT2D eigenvalue weighted by molar-refractivity contribution is 0.232. The van der Waals surface area contributed by atoms with Crippen LogP contribution in [0.25, 0.3) is 0 Å². The molecule has 3 nitrogen and oxygen atoms in total. The Hall–Kier alpha value is -0.0900. The fraction of sp³-hybridized carbons (Fsp3) is 1.00. The molecule has 86 valence electrons. The Morgan fingerprint density at radius 1 is 1.21 bits per heavy atom. The molecule has 0 saturated carbocycles. The predicted molar refractivity (Wildman–Crippen MR) is 59.0 cm³/mol. The Bertz CT molecular complexity index is 242. The first kappa shape index (κ1) is 13.9. The molecule has 14 heavy (non-hydrogen) atoms. The molecule has 0 bridgehead atoms. The van der Waals surface area contributed by atoms with Gasteiger partial charge >= 0.3 is 0 Å². The summed E-state index contributed by atoms with van der Waals surface area (Å²) in [6.07, 6.45) is 0.962. The summed E-state index contributed by atoms with van der Waals surface area (Å²) in [6.45, 7) is 7.13. The summed E-state index contributed by atoms with van der Waals surface area (Å²) in [5.74, 6) is 0.277. The number of hydrogen-bond acceptors (Lipinski definition) is 3. The minimum Gasteiger partial charge on any atom is -0.395 e. The Morgan fingerprint density at radius 3 is 1.86 bits per heavy atom. The van der Waals surface area contributed by atoms with Crippen LogP contribution in [0, 0.1) is 5.92 Å². The van der Waals surface area contributed by atoms with Crippen LogP contribution in [0.4, 0.5) is 0 Å². The maximum absolute atomic E-state index is 12.0. The lowest BCUT2D eigenvalue weighted by Crippen LogP contribution is -2.43. The predicted octanol–water partition coefficient (Wildman–Crippen LogP) is 1.61. The van der Waals surface area contributed by atoms with Crippen molar-refractivity contribution in [1.82, 2.24) is 0 Å². The molecule has 0 aliphatic heterocycles. The van der Waals surface area contributed by atoms with E-state index in [2.05, 4.69) is 0 Å². The van der Waals surface area contributed by atoms with Gasteiger partial charge in [0.15, 0.2) is 9.84 Å². The highest BCUT2D eigenvalue weighted by molar-refractivity contribution is 7.92. The summed E-state index contributed by atoms with van der Waals surface area (Å²) in [4.78, 5) is 0. The molecule has 0 unspecified atom stereocenters. The largest absolute Gasteiger partial charge is 0.395 e. The Kier molecular flexibility index (Phi) is 5.09. The molecule has 0 aliphatic rings. The first-order chi connectivity index (χ1) is 6.35. The molecule has 0 saturated heterocycles. The molecular weight excluding hydrogens is 200 g/mol. The molecule has 0 aromatic heterocycles. The van der Waals surface area contributed by atoms with Crippen molar-refractivity contribution in [3.8, 4) is 0 Å². The average molecular weight is 222 g/mol. The standard InChI is InChI=1S/C10H22O3S/c1-5-10(6-2,8-11)14(12,13)7-9(3)4/h9,11H,5-8H2,1-4H3. The molecule has 4 heteroatoms. The first-order valence-corrected chi connectivity index (χ1v) is 6.83. The number of aliphatic hydroxyl groups excluding tert-OH is 1. The van der Waals surface area contributed by atoms with Crippen LogP contribution >= 0.6 is 0 Å². The fourth-order valence-corrected chi connectivity index (χ4v) is 3.93. The fourth-order valence-electron chi connectivity index (χ4n) is 1.63. The molecule has 0 amide bonds. The molecule has 0 fully saturated rings. The quantitative estimate of drug-likeness (QED) is 0.743. The second-order valence-corrected chi connectivity index (χ2v) is 6.65. The highest BCUT2D eigenvalue weighted by Gasteiger charge is 2.39. The minimum atomic E-state index is -3.18. The van der Waals surface area contributed by atoms with E-state index in [1.807, 2.05) is 27.7 Å². The van der Waals surface area contributed by atoms with Gasteiger partial charge in [-0.15, -0.1) is 0 Å². The molecule has 0 radical (unpaired) electrons. The van der Waals surface area contributed by atoms with Gasteiger partial charge in [-0.1, -0.05) is 27.7 Å². The van der Waals surface area contributed by atoms with E-state index in [0.717, 1.165) is 0 Å². The van der Waals surface area contributed by atoms with Crippen LogP contribution in [0.3, 0.4) is 0 Å². The second-order valence-electron chi connectivity index (χ2n) is 4.22. The zero-order valence-electron chi connectivity index (χ0n) is 9.58. The van der Waals surface area contributed by atoms with Crippen molar-refractivity contribution < 1.29 is 13.5 Å². The van der Waals surface area contributed by atoms with Crippen LogP contribution in [-0.4, -0.2) is 30.6 Å². The Morgan fingerprint density at radius 2 is 1.64 bits per heavy atom. The summed E-state index contributed by atoms with van der Waals surface area (Å²) < 4.78 is 23.1. The summed E-state index contributed by atoms with van der Waals surface area (Å²) >= 11 is 0. The second kappa shape index (κ2) is 5.12. The zero-order chi connectivity index (χ0) is 11.4. The summed E-state index contributed by atoms with van der Waals surface area (Å²) in [5.41, 5.74) is 0. The van der Waals surface area contributed by atoms with Gasteiger partial charge in [-0.2, -0.15) is 0 Å². The number of hydrogen-bond donors (Lipinski definition) is 1. The van der Waals surface area contributed by atoms with E-state index in [1.165, 1.54) is 0 Å². The van der Waals surface area contributed by atoms with Gasteiger partial charge in [0.1, 0.15) is 0 Å². The SMILES string of the molecule is CCC(CC)(CO)S(=O)(=O)CC(C)C. The third-order valence-electron chi connectivity index (χ3n) is 2.79. The number of sulfone groups is 1. The van der Waals surface area contributed by atoms with Crippen molar-refractivity contribution in [3.63, 3.8) is 0 Å². The van der Waals surface area contributed by atoms with Crippen molar-refractivity contribution in [2.24, 2.45) is 5.92 Å². The molecule has 0 rings (SSSR count). The molecular formula is C10H22O3S. The molecule has 0 aliphatic carbocycles. The molecule has 0 aromatic carbocycles. The minimum absolute atomic E-state index is 0.115. The van der Waals surface area contributed by atoms with E-state index in [0.29, 0.717) is 12.8 Å². The van der Waals surface area contributed by atoms with Crippen molar-refractivity contribution in [2.75, 3.05) is 12.4 Å². The van der Waals surface area contributed by atoms with E-state index in [9.17, 15) is 13.5 Å². The van der Waals surface area contributed by atoms with E-state index in [1.54, 1.807) is 0 Å². The third kappa shape index (κ3) is 2.70. The van der Waals surface area contributed by atoms with Gasteiger partial charge in [0, 0.05) is 0 Å². The van der Waals surface area contributed by atoms with E-state index in [-0.39, 0.29) is 18.3 Å². The van der Waals surface area contributed by atoms with Crippen LogP contribution in [0.5, 0.6) is 0 Å². The summed E-state index contributed by atoms with van der Waals surface area (Å²) in [7, 11) is -3.18. The maximum atomic E-state index is 12.0. The molecule has 0 heterocycles. The molecule has 0 atom stereocenters. The topological polar surface area (TPSA) is 54.4 Å². The lowest BCUT2D eigenvalue weighted by atomic mass is 10.0. The average Bonchev–Trinajstić information content (AvgIpc) is 2.05. The van der Waals surface area contributed by atoms with E-state index in [4.69, 9.17) is 0 Å². The lowest BCUT2D eigenvalue weighted by Gasteiger charge is -2.29. The first-order valence-electron chi connectivity index (χ1n) is 5.18. The third-order valence-corrected chi connectivity index (χ3v) is 5.92. The number of aliphatic hydroxyl groups is 1. The smallest absolute Gasteiger partial charge is 0.158 e. The molecule has 1 N–H and O–H groups in total. The summed E-state index contributed by atoms with van der Waals surface area (Å²) in [6, 6.07) is 0. The van der Waals surface area contributed by atoms with E-state index < -0.39 is 14.6 Å². The molecule has 0 aromatic rings. The van der Waals surface area contributed by atoms with Crippen LogP contribution in [-0.2, 0) is 9.84 Å². The van der Waals surface area contributed by atoms with Crippen LogP contribution in [0.1, 0.15) is 40.5 Å². The van der Waals surface area contributed by atoms with Gasteiger partial charge in [-0.25, -0.2) is 8.42 Å². The van der Waals surface area contributed by atoms with Gasteiger partial charge in [-0.05, 0) is 18.8 Å². The van der Waals surface area contributed by atoms with Crippen LogP contribution < -0.4 is 0 Å². The Balaban J connectivity index is 5.00. The number of rotatable bonds is 6. The normalized spacial score (nSPS) is 13.6.